The van der Waals surface area contributed by atoms with Crippen molar-refractivity contribution in [2.75, 3.05) is 0 Å². The number of benzene rings is 1. The van der Waals surface area contributed by atoms with Crippen molar-refractivity contribution in [3.63, 3.8) is 0 Å². The van der Waals surface area contributed by atoms with Gasteiger partial charge in [-0.1, -0.05) is 5.21 Å². The second-order valence-electron chi connectivity index (χ2n) is 4.50. The number of nitrogens with zero attached hydrogens (tertiary/aromatic N) is 3. The van der Waals surface area contributed by atoms with Crippen molar-refractivity contribution in [2.24, 2.45) is 0 Å². The first-order chi connectivity index (χ1) is 10.4. The Balaban J connectivity index is 2.70. The molecule has 0 saturated heterocycles. The normalized spacial score (nSPS) is 12.5. The number of carbonyl (C=O) groups is 1. The van der Waals surface area contributed by atoms with Crippen LogP contribution in [-0.2, 0) is 12.4 Å². The number of hydrogen-bond donors (Lipinski definition) is 1. The van der Waals surface area contributed by atoms with Crippen molar-refractivity contribution < 1.29 is 36.2 Å². The van der Waals surface area contributed by atoms with Crippen molar-refractivity contribution in [1.82, 2.24) is 15.0 Å². The summed E-state index contributed by atoms with van der Waals surface area (Å²) in [4.78, 5) is 10.8. The zero-order valence-corrected chi connectivity index (χ0v) is 11.2. The molecule has 0 radical (unpaired) electrons. The van der Waals surface area contributed by atoms with Crippen LogP contribution < -0.4 is 0 Å². The minimum Gasteiger partial charge on any atom is -0.476 e. The molecule has 0 fully saturated rings. The minimum atomic E-state index is -5.01. The summed E-state index contributed by atoms with van der Waals surface area (Å²) < 4.78 is 77.3. The quantitative estimate of drug-likeness (QED) is 0.853. The fourth-order valence-electron chi connectivity index (χ4n) is 1.83. The van der Waals surface area contributed by atoms with E-state index in [9.17, 15) is 31.1 Å². The summed E-state index contributed by atoms with van der Waals surface area (Å²) in [6.45, 7) is 1.16. The van der Waals surface area contributed by atoms with Gasteiger partial charge < -0.3 is 5.11 Å². The lowest BCUT2D eigenvalue weighted by molar-refractivity contribution is -0.143. The maximum atomic E-state index is 12.8. The van der Waals surface area contributed by atoms with Crippen molar-refractivity contribution in [2.45, 2.75) is 19.3 Å². The zero-order valence-electron chi connectivity index (χ0n) is 11.2. The second-order valence-corrected chi connectivity index (χ2v) is 4.50. The van der Waals surface area contributed by atoms with Gasteiger partial charge in [0.15, 0.2) is 5.69 Å². The second kappa shape index (κ2) is 5.25. The van der Waals surface area contributed by atoms with Crippen LogP contribution in [0.1, 0.15) is 27.3 Å². The van der Waals surface area contributed by atoms with Gasteiger partial charge in [0.25, 0.3) is 0 Å². The summed E-state index contributed by atoms with van der Waals surface area (Å²) in [6.07, 6.45) is -10.0. The molecule has 1 aromatic heterocycles. The number of alkyl halides is 6. The van der Waals surface area contributed by atoms with Gasteiger partial charge in [0.1, 0.15) is 0 Å². The average molecular weight is 339 g/mol. The van der Waals surface area contributed by atoms with Gasteiger partial charge in [0.2, 0.25) is 0 Å². The molecule has 0 amide bonds. The molecule has 11 heteroatoms. The Kier molecular flexibility index (Phi) is 3.83. The van der Waals surface area contributed by atoms with E-state index in [1.807, 2.05) is 0 Å². The summed E-state index contributed by atoms with van der Waals surface area (Å²) in [5, 5.41) is 15.3. The predicted octanol–water partition coefficient (Wildman–Crippen LogP) is 3.31. The topological polar surface area (TPSA) is 68.0 Å². The lowest BCUT2D eigenvalue weighted by Crippen LogP contribution is -2.13. The molecule has 0 unspecified atom stereocenters. The van der Waals surface area contributed by atoms with E-state index in [1.54, 1.807) is 0 Å². The Bertz CT molecular complexity index is 731. The predicted molar refractivity (Wildman–Crippen MR) is 63.1 cm³/mol. The smallest absolute Gasteiger partial charge is 0.416 e. The molecule has 2 rings (SSSR count). The Labute approximate surface area is 124 Å². The molecule has 0 atom stereocenters. The van der Waals surface area contributed by atoms with Gasteiger partial charge in [0, 0.05) is 0 Å². The van der Waals surface area contributed by atoms with E-state index in [0.29, 0.717) is 16.8 Å². The summed E-state index contributed by atoms with van der Waals surface area (Å²) in [7, 11) is 0. The number of carboxylic acids is 1. The van der Waals surface area contributed by atoms with Gasteiger partial charge in [-0.3, -0.25) is 0 Å². The van der Waals surface area contributed by atoms with Crippen molar-refractivity contribution >= 4 is 5.97 Å². The van der Waals surface area contributed by atoms with Crippen LogP contribution in [-0.4, -0.2) is 26.1 Å². The molecular weight excluding hydrogens is 332 g/mol. The highest BCUT2D eigenvalue weighted by molar-refractivity contribution is 5.86. The fourth-order valence-corrected chi connectivity index (χ4v) is 1.83. The highest BCUT2D eigenvalue weighted by Gasteiger charge is 2.37. The molecule has 124 valence electrons. The number of aromatic nitrogens is 3. The standard InChI is InChI=1S/C12H7F6N3O2/c1-5-9(10(22)23)19-20-21(5)8-3-6(11(13,14)15)2-7(4-8)12(16,17)18/h2-4H,1H3,(H,22,23). The van der Waals surface area contributed by atoms with Crippen molar-refractivity contribution in [3.05, 3.63) is 40.7 Å². The lowest BCUT2D eigenvalue weighted by atomic mass is 10.1. The Morgan fingerprint density at radius 3 is 1.87 bits per heavy atom. The van der Waals surface area contributed by atoms with E-state index in [-0.39, 0.29) is 11.8 Å². The van der Waals surface area contributed by atoms with Crippen LogP contribution in [0, 0.1) is 6.92 Å². The lowest BCUT2D eigenvalue weighted by Gasteiger charge is -2.14. The molecule has 0 spiro atoms. The fraction of sp³-hybridized carbons (Fsp3) is 0.250. The van der Waals surface area contributed by atoms with E-state index in [4.69, 9.17) is 5.11 Å². The number of hydrogen-bond acceptors (Lipinski definition) is 3. The van der Waals surface area contributed by atoms with Crippen LogP contribution in [0.5, 0.6) is 0 Å². The molecule has 0 aliphatic heterocycles. The highest BCUT2D eigenvalue weighted by Crippen LogP contribution is 2.37. The van der Waals surface area contributed by atoms with E-state index >= 15 is 0 Å². The Morgan fingerprint density at radius 1 is 1.04 bits per heavy atom. The van der Waals surface area contributed by atoms with Gasteiger partial charge in [-0.2, -0.15) is 26.3 Å². The molecule has 0 bridgehead atoms. The first-order valence-corrected chi connectivity index (χ1v) is 5.86. The third-order valence-electron chi connectivity index (χ3n) is 2.91. The molecule has 2 aromatic rings. The summed E-state index contributed by atoms with van der Waals surface area (Å²) in [5.74, 6) is -1.50. The average Bonchev–Trinajstić information content (AvgIpc) is 2.78. The minimum absolute atomic E-state index is 0.0339. The van der Waals surface area contributed by atoms with Gasteiger partial charge >= 0.3 is 18.3 Å². The van der Waals surface area contributed by atoms with E-state index in [2.05, 4.69) is 10.3 Å². The van der Waals surface area contributed by atoms with Crippen LogP contribution in [0.15, 0.2) is 18.2 Å². The third-order valence-corrected chi connectivity index (χ3v) is 2.91. The van der Waals surface area contributed by atoms with Crippen molar-refractivity contribution in [3.8, 4) is 5.69 Å². The number of halogens is 6. The van der Waals surface area contributed by atoms with Gasteiger partial charge in [-0.05, 0) is 25.1 Å². The third kappa shape index (κ3) is 3.27. The van der Waals surface area contributed by atoms with Crippen LogP contribution in [0.4, 0.5) is 26.3 Å². The molecule has 1 heterocycles. The number of rotatable bonds is 2. The summed E-state index contributed by atoms with van der Waals surface area (Å²) >= 11 is 0. The Morgan fingerprint density at radius 2 is 1.52 bits per heavy atom. The summed E-state index contributed by atoms with van der Waals surface area (Å²) in [5.41, 5.74) is -4.44. The van der Waals surface area contributed by atoms with Gasteiger partial charge in [-0.15, -0.1) is 5.10 Å². The van der Waals surface area contributed by atoms with E-state index in [1.165, 1.54) is 0 Å². The molecule has 0 aliphatic carbocycles. The zero-order chi connectivity index (χ0) is 17.6. The molecule has 1 aromatic carbocycles. The van der Waals surface area contributed by atoms with Gasteiger partial charge in [-0.25, -0.2) is 9.48 Å². The van der Waals surface area contributed by atoms with Gasteiger partial charge in [0.05, 0.1) is 22.5 Å². The monoisotopic (exact) mass is 339 g/mol. The summed E-state index contributed by atoms with van der Waals surface area (Å²) in [6, 6.07) is 0.832. The number of aromatic carboxylic acids is 1. The van der Waals surface area contributed by atoms with E-state index < -0.39 is 40.8 Å². The Hall–Kier alpha value is -2.59. The van der Waals surface area contributed by atoms with Crippen LogP contribution in [0.25, 0.3) is 5.69 Å². The largest absolute Gasteiger partial charge is 0.476 e. The molecule has 0 saturated carbocycles. The molecule has 5 nitrogen and oxygen atoms in total. The first-order valence-electron chi connectivity index (χ1n) is 5.86. The maximum absolute atomic E-state index is 12.8. The SMILES string of the molecule is Cc1c(C(=O)O)nnn1-c1cc(C(F)(F)F)cc(C(F)(F)F)c1. The number of carboxylic acid groups (broad SMARTS) is 1. The molecular formula is C12H7F6N3O2. The molecule has 23 heavy (non-hydrogen) atoms. The first kappa shape index (κ1) is 16.8. The highest BCUT2D eigenvalue weighted by atomic mass is 19.4. The van der Waals surface area contributed by atoms with Crippen LogP contribution >= 0.6 is 0 Å². The van der Waals surface area contributed by atoms with Crippen LogP contribution in [0.3, 0.4) is 0 Å². The maximum Gasteiger partial charge on any atom is 0.416 e. The van der Waals surface area contributed by atoms with Crippen molar-refractivity contribution in [1.29, 1.82) is 0 Å². The van der Waals surface area contributed by atoms with E-state index in [0.717, 1.165) is 6.92 Å². The molecule has 0 aliphatic rings. The molecule has 1 N–H and O–H groups in total. The van der Waals surface area contributed by atoms with Crippen LogP contribution in [0.2, 0.25) is 0 Å².